The maximum atomic E-state index is 14.9. The van der Waals surface area contributed by atoms with Crippen molar-refractivity contribution in [2.45, 2.75) is 52.2 Å². The highest BCUT2D eigenvalue weighted by Gasteiger charge is 2.46. The molecule has 6 nitrogen and oxygen atoms in total. The molecule has 0 spiro atoms. The molecule has 1 atom stereocenters. The number of methoxy groups -OCH3 is 1. The van der Waals surface area contributed by atoms with Crippen LogP contribution in [0.2, 0.25) is 0 Å². The summed E-state index contributed by atoms with van der Waals surface area (Å²) >= 11 is 0. The number of benzene rings is 2. The zero-order valence-corrected chi connectivity index (χ0v) is 20.3. The highest BCUT2D eigenvalue weighted by molar-refractivity contribution is 6.46. The van der Waals surface area contributed by atoms with E-state index in [9.17, 15) is 19.1 Å². The van der Waals surface area contributed by atoms with Gasteiger partial charge in [0.1, 0.15) is 17.3 Å². The van der Waals surface area contributed by atoms with Crippen LogP contribution in [0, 0.1) is 5.82 Å². The standard InChI is InChI=1S/C27H32FNO5/c1-16(2)20-15-18(11-12-22(20)33-5)25(30)23-24(19-9-6-7-10-21(19)28)29(27(32)26(23)31)13-8-14-34-17(3)4/h6-7,9-12,15-17,24,30H,8,13-14H2,1-5H3/b25-23+. The summed E-state index contributed by atoms with van der Waals surface area (Å²) in [5.41, 5.74) is 1.24. The predicted molar refractivity (Wildman–Crippen MR) is 128 cm³/mol. The second-order valence-corrected chi connectivity index (χ2v) is 8.90. The van der Waals surface area contributed by atoms with Gasteiger partial charge in [0.05, 0.1) is 24.8 Å². The monoisotopic (exact) mass is 469 g/mol. The minimum atomic E-state index is -1.04. The number of Topliss-reactive ketones (excluding diaryl/α,β-unsaturated/α-hetero) is 1. The van der Waals surface area contributed by atoms with Crippen molar-refractivity contribution in [3.8, 4) is 5.75 Å². The maximum absolute atomic E-state index is 14.9. The average Bonchev–Trinajstić information content (AvgIpc) is 3.05. The van der Waals surface area contributed by atoms with Crippen LogP contribution < -0.4 is 4.74 Å². The molecule has 7 heteroatoms. The van der Waals surface area contributed by atoms with Gasteiger partial charge in [0.15, 0.2) is 0 Å². The smallest absolute Gasteiger partial charge is 0.295 e. The Morgan fingerprint density at radius 2 is 1.82 bits per heavy atom. The molecule has 182 valence electrons. The number of halogens is 1. The summed E-state index contributed by atoms with van der Waals surface area (Å²) in [6, 6.07) is 10.0. The molecule has 0 radical (unpaired) electrons. The molecule has 1 unspecified atom stereocenters. The quantitative estimate of drug-likeness (QED) is 0.237. The van der Waals surface area contributed by atoms with Crippen LogP contribution in [0.1, 0.15) is 62.8 Å². The highest BCUT2D eigenvalue weighted by atomic mass is 19.1. The lowest BCUT2D eigenvalue weighted by atomic mass is 9.93. The number of carbonyl (C=O) groups excluding carboxylic acids is 2. The zero-order valence-electron chi connectivity index (χ0n) is 20.3. The lowest BCUT2D eigenvalue weighted by Crippen LogP contribution is -2.31. The molecule has 1 heterocycles. The summed E-state index contributed by atoms with van der Waals surface area (Å²) in [6.45, 7) is 8.36. The molecule has 1 fully saturated rings. The number of hydrogen-bond donors (Lipinski definition) is 1. The van der Waals surface area contributed by atoms with Gasteiger partial charge in [-0.15, -0.1) is 0 Å². The molecule has 34 heavy (non-hydrogen) atoms. The van der Waals surface area contributed by atoms with Crippen LogP contribution in [0.3, 0.4) is 0 Å². The van der Waals surface area contributed by atoms with E-state index < -0.39 is 23.5 Å². The van der Waals surface area contributed by atoms with Crippen molar-refractivity contribution in [1.82, 2.24) is 4.90 Å². The van der Waals surface area contributed by atoms with E-state index in [1.807, 2.05) is 27.7 Å². The first kappa shape index (κ1) is 25.4. The Labute approximate surface area is 200 Å². The highest BCUT2D eigenvalue weighted by Crippen LogP contribution is 2.41. The largest absolute Gasteiger partial charge is 0.507 e. The van der Waals surface area contributed by atoms with E-state index in [4.69, 9.17) is 9.47 Å². The number of ether oxygens (including phenoxy) is 2. The fraction of sp³-hybridized carbons (Fsp3) is 0.407. The number of likely N-dealkylation sites (tertiary alicyclic amines) is 1. The molecule has 1 aliphatic heterocycles. The first-order valence-corrected chi connectivity index (χ1v) is 11.5. The van der Waals surface area contributed by atoms with E-state index >= 15 is 0 Å². The molecule has 2 aromatic rings. The number of hydrogen-bond acceptors (Lipinski definition) is 5. The third-order valence-electron chi connectivity index (χ3n) is 5.86. The van der Waals surface area contributed by atoms with Crippen LogP contribution in [0.5, 0.6) is 5.75 Å². The van der Waals surface area contributed by atoms with Crippen LogP contribution in [-0.2, 0) is 14.3 Å². The number of ketones is 1. The lowest BCUT2D eigenvalue weighted by molar-refractivity contribution is -0.140. The summed E-state index contributed by atoms with van der Waals surface area (Å²) in [5, 5.41) is 11.3. The van der Waals surface area contributed by atoms with Crippen LogP contribution in [0.4, 0.5) is 4.39 Å². The summed E-state index contributed by atoms with van der Waals surface area (Å²) in [5.74, 6) is -1.75. The predicted octanol–water partition coefficient (Wildman–Crippen LogP) is 5.19. The molecule has 1 saturated heterocycles. The minimum absolute atomic E-state index is 0.0306. The topological polar surface area (TPSA) is 76.1 Å². The summed E-state index contributed by atoms with van der Waals surface area (Å²) < 4.78 is 25.8. The van der Waals surface area contributed by atoms with E-state index in [-0.39, 0.29) is 35.5 Å². The van der Waals surface area contributed by atoms with Gasteiger partial charge in [0.2, 0.25) is 0 Å². The fourth-order valence-electron chi connectivity index (χ4n) is 4.17. The number of carbonyl (C=O) groups is 2. The molecule has 0 aliphatic carbocycles. The Kier molecular flexibility index (Phi) is 8.10. The van der Waals surface area contributed by atoms with Crippen molar-refractivity contribution in [3.63, 3.8) is 0 Å². The van der Waals surface area contributed by atoms with Gasteiger partial charge in [-0.25, -0.2) is 4.39 Å². The van der Waals surface area contributed by atoms with Gasteiger partial charge in [0, 0.05) is 24.3 Å². The average molecular weight is 470 g/mol. The molecular weight excluding hydrogens is 437 g/mol. The van der Waals surface area contributed by atoms with Crippen LogP contribution in [-0.4, -0.2) is 48.1 Å². The Morgan fingerprint density at radius 1 is 1.12 bits per heavy atom. The molecule has 1 N–H and O–H groups in total. The van der Waals surface area contributed by atoms with E-state index in [0.717, 1.165) is 5.56 Å². The number of amides is 1. The van der Waals surface area contributed by atoms with Crippen molar-refractivity contribution in [2.24, 2.45) is 0 Å². The third-order valence-corrected chi connectivity index (χ3v) is 5.86. The Morgan fingerprint density at radius 3 is 2.44 bits per heavy atom. The summed E-state index contributed by atoms with van der Waals surface area (Å²) in [6.07, 6.45) is 0.499. The van der Waals surface area contributed by atoms with Gasteiger partial charge in [-0.1, -0.05) is 32.0 Å². The molecule has 0 aromatic heterocycles. The van der Waals surface area contributed by atoms with E-state index in [0.29, 0.717) is 24.3 Å². The van der Waals surface area contributed by atoms with Crippen LogP contribution in [0.25, 0.3) is 5.76 Å². The van der Waals surface area contributed by atoms with Crippen LogP contribution >= 0.6 is 0 Å². The molecular formula is C27H32FNO5. The molecule has 1 amide bonds. The SMILES string of the molecule is COc1ccc(/C(O)=C2\C(=O)C(=O)N(CCCOC(C)C)C2c2ccccc2F)cc1C(C)C. The van der Waals surface area contributed by atoms with Gasteiger partial charge in [-0.2, -0.15) is 0 Å². The molecule has 0 saturated carbocycles. The van der Waals surface area contributed by atoms with Crippen molar-refractivity contribution < 1.29 is 28.6 Å². The van der Waals surface area contributed by atoms with Crippen LogP contribution in [0.15, 0.2) is 48.0 Å². The number of nitrogens with zero attached hydrogens (tertiary/aromatic N) is 1. The van der Waals surface area contributed by atoms with Crippen molar-refractivity contribution >= 4 is 17.4 Å². The van der Waals surface area contributed by atoms with Gasteiger partial charge >= 0.3 is 0 Å². The summed E-state index contributed by atoms with van der Waals surface area (Å²) in [7, 11) is 1.56. The van der Waals surface area contributed by atoms with Crippen molar-refractivity contribution in [1.29, 1.82) is 0 Å². The molecule has 0 bridgehead atoms. The second kappa shape index (κ2) is 10.8. The van der Waals surface area contributed by atoms with Gasteiger partial charge in [-0.3, -0.25) is 9.59 Å². The fourth-order valence-corrected chi connectivity index (χ4v) is 4.17. The van der Waals surface area contributed by atoms with Crippen molar-refractivity contribution in [2.75, 3.05) is 20.3 Å². The first-order chi connectivity index (χ1) is 16.2. The zero-order chi connectivity index (χ0) is 25.0. The minimum Gasteiger partial charge on any atom is -0.507 e. The molecule has 3 rings (SSSR count). The van der Waals surface area contributed by atoms with Crippen molar-refractivity contribution in [3.05, 3.63) is 70.5 Å². The Balaban J connectivity index is 2.11. The van der Waals surface area contributed by atoms with Gasteiger partial charge < -0.3 is 19.5 Å². The number of aliphatic hydroxyl groups excluding tert-OH is 1. The molecule has 2 aromatic carbocycles. The lowest BCUT2D eigenvalue weighted by Gasteiger charge is -2.26. The normalized spacial score (nSPS) is 17.8. The first-order valence-electron chi connectivity index (χ1n) is 11.5. The van der Waals surface area contributed by atoms with Gasteiger partial charge in [0.25, 0.3) is 11.7 Å². The molecule has 1 aliphatic rings. The summed E-state index contributed by atoms with van der Waals surface area (Å²) in [4.78, 5) is 27.4. The van der Waals surface area contributed by atoms with E-state index in [1.54, 1.807) is 37.4 Å². The van der Waals surface area contributed by atoms with E-state index in [1.165, 1.54) is 17.0 Å². The second-order valence-electron chi connectivity index (χ2n) is 8.90. The van der Waals surface area contributed by atoms with Gasteiger partial charge in [-0.05, 0) is 56.0 Å². The number of rotatable bonds is 9. The number of aliphatic hydroxyl groups is 1. The Hall–Kier alpha value is -3.19. The maximum Gasteiger partial charge on any atom is 0.295 e. The third kappa shape index (κ3) is 5.14. The van der Waals surface area contributed by atoms with E-state index in [2.05, 4.69) is 0 Å². The Bertz CT molecular complexity index is 1090.